The highest BCUT2D eigenvalue weighted by Gasteiger charge is 2.42. The van der Waals surface area contributed by atoms with Crippen molar-refractivity contribution in [3.63, 3.8) is 0 Å². The normalized spacial score (nSPS) is 10.8. The zero-order chi connectivity index (χ0) is 10.5. The number of ether oxygens (including phenoxy) is 2. The fourth-order valence-electron chi connectivity index (χ4n) is 1.03. The van der Waals surface area contributed by atoms with Gasteiger partial charge in [0, 0.05) is 0 Å². The molecule has 0 unspecified atom stereocenters. The third-order valence-corrected chi connectivity index (χ3v) is 1.92. The first-order valence-corrected chi connectivity index (χ1v) is 3.89. The van der Waals surface area contributed by atoms with Crippen molar-refractivity contribution in [3.8, 4) is 0 Å². The summed E-state index contributed by atoms with van der Waals surface area (Å²) in [5.74, 6) is -1.24. The Balaban J connectivity index is 4.71. The van der Waals surface area contributed by atoms with Crippen molar-refractivity contribution in [1.82, 2.24) is 0 Å². The molecule has 5 heteroatoms. The molecule has 0 atom stereocenters. The van der Waals surface area contributed by atoms with Crippen molar-refractivity contribution in [1.29, 1.82) is 0 Å². The van der Waals surface area contributed by atoms with E-state index in [9.17, 15) is 9.59 Å². The molecule has 0 fully saturated rings. The van der Waals surface area contributed by atoms with Gasteiger partial charge in [-0.3, -0.25) is 9.59 Å². The lowest BCUT2D eigenvalue weighted by molar-refractivity contribution is -0.168. The molecule has 0 amide bonds. The molecule has 0 aromatic rings. The van der Waals surface area contributed by atoms with Crippen LogP contribution in [-0.2, 0) is 19.1 Å². The van der Waals surface area contributed by atoms with E-state index in [0.717, 1.165) is 0 Å². The maximum atomic E-state index is 11.2. The highest BCUT2D eigenvalue weighted by atomic mass is 16.5. The van der Waals surface area contributed by atoms with Crippen LogP contribution in [0.3, 0.4) is 0 Å². The Morgan fingerprint density at radius 2 is 1.62 bits per heavy atom. The van der Waals surface area contributed by atoms with Crippen LogP contribution >= 0.6 is 0 Å². The van der Waals surface area contributed by atoms with Crippen LogP contribution in [0.15, 0.2) is 0 Å². The number of rotatable bonds is 4. The average molecular weight is 189 g/mol. The zero-order valence-corrected chi connectivity index (χ0v) is 8.12. The van der Waals surface area contributed by atoms with E-state index in [-0.39, 0.29) is 13.0 Å². The molecule has 0 aromatic carbocycles. The summed E-state index contributed by atoms with van der Waals surface area (Å²) in [5.41, 5.74) is 4.00. The second-order valence-corrected chi connectivity index (χ2v) is 2.85. The molecule has 0 heterocycles. The molecule has 0 rings (SSSR count). The maximum absolute atomic E-state index is 11.2. The van der Waals surface area contributed by atoms with E-state index in [1.807, 2.05) is 0 Å². The minimum Gasteiger partial charge on any atom is -0.468 e. The van der Waals surface area contributed by atoms with Crippen LogP contribution in [0.25, 0.3) is 0 Å². The van der Waals surface area contributed by atoms with Gasteiger partial charge in [-0.05, 0) is 19.9 Å². The van der Waals surface area contributed by atoms with Crippen molar-refractivity contribution in [2.45, 2.75) is 13.3 Å². The molecule has 0 aliphatic rings. The lowest BCUT2D eigenvalue weighted by Gasteiger charge is -2.22. The Morgan fingerprint density at radius 3 is 1.85 bits per heavy atom. The molecule has 0 saturated carbocycles. The summed E-state index contributed by atoms with van der Waals surface area (Å²) in [6.07, 6.45) is 0.215. The molecule has 0 aliphatic carbocycles. The van der Waals surface area contributed by atoms with Crippen molar-refractivity contribution in [2.75, 3.05) is 20.8 Å². The van der Waals surface area contributed by atoms with Crippen LogP contribution in [0.5, 0.6) is 0 Å². The summed E-state index contributed by atoms with van der Waals surface area (Å²) in [7, 11) is 2.44. The lowest BCUT2D eigenvalue weighted by Crippen LogP contribution is -2.40. The summed E-state index contributed by atoms with van der Waals surface area (Å²) >= 11 is 0. The summed E-state index contributed by atoms with van der Waals surface area (Å²) < 4.78 is 8.99. The van der Waals surface area contributed by atoms with Gasteiger partial charge >= 0.3 is 11.9 Å². The largest absolute Gasteiger partial charge is 0.468 e. The van der Waals surface area contributed by atoms with E-state index in [0.29, 0.717) is 0 Å². The van der Waals surface area contributed by atoms with E-state index in [2.05, 4.69) is 9.47 Å². The first kappa shape index (κ1) is 11.9. The topological polar surface area (TPSA) is 78.6 Å². The maximum Gasteiger partial charge on any atom is 0.322 e. The Labute approximate surface area is 77.2 Å². The SMILES string of the molecule is COC(=O)C(C)(CCN)C(=O)OC. The summed E-state index contributed by atoms with van der Waals surface area (Å²) in [5, 5.41) is 0. The van der Waals surface area contributed by atoms with Crippen molar-refractivity contribution in [2.24, 2.45) is 11.1 Å². The number of hydrogen-bond donors (Lipinski definition) is 1. The second-order valence-electron chi connectivity index (χ2n) is 2.85. The van der Waals surface area contributed by atoms with Crippen molar-refractivity contribution in [3.05, 3.63) is 0 Å². The van der Waals surface area contributed by atoms with E-state index < -0.39 is 17.4 Å². The van der Waals surface area contributed by atoms with Gasteiger partial charge in [0.2, 0.25) is 0 Å². The Bertz CT molecular complexity index is 186. The first-order chi connectivity index (χ1) is 6.02. The van der Waals surface area contributed by atoms with Crippen LogP contribution in [0.1, 0.15) is 13.3 Å². The number of hydrogen-bond acceptors (Lipinski definition) is 5. The lowest BCUT2D eigenvalue weighted by atomic mass is 9.87. The van der Waals surface area contributed by atoms with Gasteiger partial charge in [0.15, 0.2) is 5.41 Å². The molecule has 0 radical (unpaired) electrons. The molecular weight excluding hydrogens is 174 g/mol. The van der Waals surface area contributed by atoms with Gasteiger partial charge in [0.25, 0.3) is 0 Å². The Kier molecular flexibility index (Phi) is 4.40. The molecule has 0 saturated heterocycles. The predicted octanol–water partition coefficient (Wildman–Crippen LogP) is -0.312. The van der Waals surface area contributed by atoms with E-state index >= 15 is 0 Å². The van der Waals surface area contributed by atoms with Gasteiger partial charge in [-0.1, -0.05) is 0 Å². The van der Waals surface area contributed by atoms with E-state index in [1.54, 1.807) is 0 Å². The van der Waals surface area contributed by atoms with Gasteiger partial charge in [-0.15, -0.1) is 0 Å². The quantitative estimate of drug-likeness (QED) is 0.484. The van der Waals surface area contributed by atoms with Gasteiger partial charge in [-0.25, -0.2) is 0 Å². The summed E-state index contributed by atoms with van der Waals surface area (Å²) in [6, 6.07) is 0. The number of carbonyl (C=O) groups is 2. The number of esters is 2. The van der Waals surface area contributed by atoms with Gasteiger partial charge < -0.3 is 15.2 Å². The second kappa shape index (κ2) is 4.81. The molecule has 5 nitrogen and oxygen atoms in total. The standard InChI is InChI=1S/C8H15NO4/c1-8(4-5-9,6(10)12-2)7(11)13-3/h4-5,9H2,1-3H3. The van der Waals surface area contributed by atoms with Crippen LogP contribution < -0.4 is 5.73 Å². The third-order valence-electron chi connectivity index (χ3n) is 1.92. The van der Waals surface area contributed by atoms with Crippen LogP contribution in [0.4, 0.5) is 0 Å². The fourth-order valence-corrected chi connectivity index (χ4v) is 1.03. The van der Waals surface area contributed by atoms with E-state index in [4.69, 9.17) is 5.73 Å². The minimum atomic E-state index is -1.28. The monoisotopic (exact) mass is 189 g/mol. The fraction of sp³-hybridized carbons (Fsp3) is 0.750. The number of methoxy groups -OCH3 is 2. The number of carbonyl (C=O) groups excluding carboxylic acids is 2. The molecule has 2 N–H and O–H groups in total. The van der Waals surface area contributed by atoms with Crippen LogP contribution in [0.2, 0.25) is 0 Å². The molecule has 0 aromatic heterocycles. The van der Waals surface area contributed by atoms with Gasteiger partial charge in [-0.2, -0.15) is 0 Å². The third kappa shape index (κ3) is 2.42. The highest BCUT2D eigenvalue weighted by molar-refractivity contribution is 5.99. The van der Waals surface area contributed by atoms with Crippen molar-refractivity contribution >= 4 is 11.9 Å². The minimum absolute atomic E-state index is 0.215. The van der Waals surface area contributed by atoms with Crippen LogP contribution in [-0.4, -0.2) is 32.7 Å². The molecule has 76 valence electrons. The summed E-state index contributed by atoms with van der Waals surface area (Å²) in [6.45, 7) is 1.68. The predicted molar refractivity (Wildman–Crippen MR) is 45.8 cm³/mol. The first-order valence-electron chi connectivity index (χ1n) is 3.89. The molecule has 0 spiro atoms. The summed E-state index contributed by atoms with van der Waals surface area (Å²) in [4.78, 5) is 22.5. The van der Waals surface area contributed by atoms with Gasteiger partial charge in [0.05, 0.1) is 14.2 Å². The molecule has 0 bridgehead atoms. The number of nitrogens with two attached hydrogens (primary N) is 1. The van der Waals surface area contributed by atoms with E-state index in [1.165, 1.54) is 21.1 Å². The Morgan fingerprint density at radius 1 is 1.23 bits per heavy atom. The molecular formula is C8H15NO4. The molecule has 13 heavy (non-hydrogen) atoms. The highest BCUT2D eigenvalue weighted by Crippen LogP contribution is 2.24. The van der Waals surface area contributed by atoms with Crippen LogP contribution in [0, 0.1) is 5.41 Å². The average Bonchev–Trinajstić information content (AvgIpc) is 2.15. The zero-order valence-electron chi connectivity index (χ0n) is 8.12. The van der Waals surface area contributed by atoms with Crippen molar-refractivity contribution < 1.29 is 19.1 Å². The molecule has 0 aliphatic heterocycles. The smallest absolute Gasteiger partial charge is 0.322 e. The van der Waals surface area contributed by atoms with Gasteiger partial charge in [0.1, 0.15) is 0 Å². The Hall–Kier alpha value is -1.10.